The molecule has 1 aliphatic rings. The molecule has 168 valence electrons. The maximum absolute atomic E-state index is 13.0. The molecule has 3 rings (SSSR count). The summed E-state index contributed by atoms with van der Waals surface area (Å²) in [6, 6.07) is 8.35. The Morgan fingerprint density at radius 1 is 1.41 bits per heavy atom. The molecule has 0 unspecified atom stereocenters. The van der Waals surface area contributed by atoms with Gasteiger partial charge in [-0.1, -0.05) is 12.1 Å². The average molecular weight is 463 g/mol. The minimum Gasteiger partial charge on any atom is -0.382 e. The summed E-state index contributed by atoms with van der Waals surface area (Å²) < 4.78 is 37.6. The van der Waals surface area contributed by atoms with Gasteiger partial charge in [0.15, 0.2) is 5.01 Å². The highest BCUT2D eigenvalue weighted by atomic mass is 32.1. The van der Waals surface area contributed by atoms with Crippen molar-refractivity contribution in [2.24, 2.45) is 5.73 Å². The van der Waals surface area contributed by atoms with Crippen molar-refractivity contribution in [3.8, 4) is 17.3 Å². The fraction of sp³-hybridized carbons (Fsp3) is 0.333. The van der Waals surface area contributed by atoms with Gasteiger partial charge in [-0.2, -0.15) is 18.4 Å². The van der Waals surface area contributed by atoms with E-state index in [9.17, 15) is 18.0 Å². The van der Waals surface area contributed by atoms with Crippen LogP contribution >= 0.6 is 11.3 Å². The van der Waals surface area contributed by atoms with Crippen molar-refractivity contribution in [2.45, 2.75) is 25.1 Å². The number of alkyl halides is 3. The van der Waals surface area contributed by atoms with Crippen LogP contribution in [0.2, 0.25) is 0 Å². The van der Waals surface area contributed by atoms with Crippen LogP contribution in [0.4, 0.5) is 13.2 Å². The summed E-state index contributed by atoms with van der Waals surface area (Å²) in [5.41, 5.74) is 7.49. The Morgan fingerprint density at radius 2 is 2.12 bits per heavy atom. The molecule has 1 amide bonds. The molecule has 4 N–H and O–H groups in total. The zero-order valence-electron chi connectivity index (χ0n) is 16.9. The molecule has 7 nitrogen and oxygen atoms in total. The van der Waals surface area contributed by atoms with Gasteiger partial charge >= 0.3 is 6.18 Å². The second-order valence-electron chi connectivity index (χ2n) is 7.28. The van der Waals surface area contributed by atoms with Crippen LogP contribution in [0.15, 0.2) is 30.5 Å². The van der Waals surface area contributed by atoms with Crippen LogP contribution in [-0.2, 0) is 0 Å². The quantitative estimate of drug-likeness (QED) is 0.569. The van der Waals surface area contributed by atoms with Crippen molar-refractivity contribution < 1.29 is 18.0 Å². The summed E-state index contributed by atoms with van der Waals surface area (Å²) in [6.45, 7) is -0.304. The number of benzene rings is 1. The van der Waals surface area contributed by atoms with Crippen molar-refractivity contribution in [3.63, 3.8) is 0 Å². The number of allylic oxidation sites excluding steroid dienone is 1. The smallest absolute Gasteiger partial charge is 0.382 e. The number of hydrogen-bond acceptors (Lipinski definition) is 7. The van der Waals surface area contributed by atoms with Gasteiger partial charge in [0, 0.05) is 42.7 Å². The van der Waals surface area contributed by atoms with Crippen molar-refractivity contribution in [2.75, 3.05) is 19.6 Å². The van der Waals surface area contributed by atoms with Gasteiger partial charge in [-0.3, -0.25) is 4.79 Å². The van der Waals surface area contributed by atoms with E-state index < -0.39 is 12.7 Å². The lowest BCUT2D eigenvalue weighted by molar-refractivity contribution is -0.122. The lowest BCUT2D eigenvalue weighted by atomic mass is 10.1. The highest BCUT2D eigenvalue weighted by Crippen LogP contribution is 2.34. The number of likely N-dealkylation sites (tertiary alicyclic amines) is 1. The summed E-state index contributed by atoms with van der Waals surface area (Å²) in [7, 11) is 0. The molecule has 1 aromatic heterocycles. The summed E-state index contributed by atoms with van der Waals surface area (Å²) in [4.78, 5) is 19.5. The van der Waals surface area contributed by atoms with Crippen LogP contribution in [0.5, 0.6) is 0 Å². The molecule has 0 spiro atoms. The van der Waals surface area contributed by atoms with E-state index in [0.29, 0.717) is 34.8 Å². The number of nitrogens with one attached hydrogen (secondary N) is 2. The maximum atomic E-state index is 13.0. The third-order valence-electron chi connectivity index (χ3n) is 4.82. The Bertz CT molecular complexity index is 1050. The summed E-state index contributed by atoms with van der Waals surface area (Å²) in [5.74, 6) is -0.307. The Kier molecular flexibility index (Phi) is 7.27. The number of nitrogens with zero attached hydrogens (tertiary/aromatic N) is 3. The average Bonchev–Trinajstić information content (AvgIpc) is 3.20. The number of carbonyl (C=O) groups is 1. The molecule has 1 fully saturated rings. The molecule has 2 heterocycles. The minimum atomic E-state index is -4.42. The van der Waals surface area contributed by atoms with E-state index in [2.05, 4.69) is 10.3 Å². The molecular weight excluding hydrogens is 441 g/mol. The van der Waals surface area contributed by atoms with Crippen molar-refractivity contribution >= 4 is 29.0 Å². The van der Waals surface area contributed by atoms with Gasteiger partial charge in [0.05, 0.1) is 22.2 Å². The van der Waals surface area contributed by atoms with E-state index in [4.69, 9.17) is 16.4 Å². The van der Waals surface area contributed by atoms with Gasteiger partial charge in [-0.05, 0) is 25.0 Å². The maximum Gasteiger partial charge on any atom is 0.405 e. The van der Waals surface area contributed by atoms with E-state index in [1.165, 1.54) is 0 Å². The van der Waals surface area contributed by atoms with Crippen LogP contribution < -0.4 is 11.1 Å². The van der Waals surface area contributed by atoms with E-state index in [-0.39, 0.29) is 22.5 Å². The number of nitrogens with two attached hydrogens (primary N) is 1. The highest BCUT2D eigenvalue weighted by Gasteiger charge is 2.28. The standard InChI is InChI=1S/C21H21F3N6OS/c22-21(23,24)12-28-10-15(9-26)18-17(14-5-3-13(8-25)4-6-14)29-19(32-18)20(31)30-7-1-2-16(27)11-30/h3-6,9-10,16,26,28H,1-2,7,11-12,27H2/b15-10+,26-9?/t16-/m1/s1. The molecular formula is C21H21F3N6OS. The molecule has 0 bridgehead atoms. The van der Waals surface area contributed by atoms with Crippen LogP contribution in [0, 0.1) is 16.7 Å². The fourth-order valence-electron chi connectivity index (χ4n) is 3.28. The third-order valence-corrected chi connectivity index (χ3v) is 5.91. The van der Waals surface area contributed by atoms with Crippen LogP contribution in [-0.4, -0.2) is 53.9 Å². The number of rotatable bonds is 6. The van der Waals surface area contributed by atoms with Gasteiger partial charge in [0.25, 0.3) is 5.91 Å². The van der Waals surface area contributed by atoms with Crippen molar-refractivity contribution in [3.05, 3.63) is 45.9 Å². The van der Waals surface area contributed by atoms with Crippen molar-refractivity contribution in [1.82, 2.24) is 15.2 Å². The monoisotopic (exact) mass is 462 g/mol. The second-order valence-corrected chi connectivity index (χ2v) is 8.28. The first-order chi connectivity index (χ1) is 15.2. The van der Waals surface area contributed by atoms with Crippen LogP contribution in [0.1, 0.15) is 33.1 Å². The molecule has 0 aliphatic carbocycles. The first-order valence-electron chi connectivity index (χ1n) is 9.79. The number of aromatic nitrogens is 1. The predicted octanol–water partition coefficient (Wildman–Crippen LogP) is 3.39. The molecule has 1 aromatic carbocycles. The van der Waals surface area contributed by atoms with Gasteiger partial charge in [0.1, 0.15) is 6.54 Å². The zero-order valence-corrected chi connectivity index (χ0v) is 17.8. The van der Waals surface area contributed by atoms with E-state index in [0.717, 1.165) is 36.6 Å². The van der Waals surface area contributed by atoms with E-state index >= 15 is 0 Å². The first-order valence-corrected chi connectivity index (χ1v) is 10.6. The van der Waals surface area contributed by atoms with Crippen molar-refractivity contribution in [1.29, 1.82) is 10.7 Å². The lowest BCUT2D eigenvalue weighted by Gasteiger charge is -2.30. The third kappa shape index (κ3) is 5.72. The van der Waals surface area contributed by atoms with E-state index in [1.54, 1.807) is 29.2 Å². The molecule has 2 aromatic rings. The SMILES string of the molecule is N#Cc1ccc(-c2nc(C(=O)N3CCC[C@@H](N)C3)sc2/C(C=N)=C/NCC(F)(F)F)cc1. The highest BCUT2D eigenvalue weighted by molar-refractivity contribution is 7.15. The molecule has 0 radical (unpaired) electrons. The predicted molar refractivity (Wildman–Crippen MR) is 116 cm³/mol. The Balaban J connectivity index is 2.00. The first kappa shape index (κ1) is 23.4. The van der Waals surface area contributed by atoms with Gasteiger partial charge < -0.3 is 21.4 Å². The second kappa shape index (κ2) is 9.93. The molecule has 32 heavy (non-hydrogen) atoms. The van der Waals surface area contributed by atoms with Gasteiger partial charge in [-0.15, -0.1) is 11.3 Å². The topological polar surface area (TPSA) is 119 Å². The number of piperidine rings is 1. The number of hydrogen-bond donors (Lipinski definition) is 3. The lowest BCUT2D eigenvalue weighted by Crippen LogP contribution is -2.45. The summed E-state index contributed by atoms with van der Waals surface area (Å²) in [6.07, 6.45) is -0.807. The summed E-state index contributed by atoms with van der Waals surface area (Å²) in [5, 5.41) is 19.1. The molecule has 11 heteroatoms. The molecule has 1 aliphatic heterocycles. The molecule has 1 atom stereocenters. The normalized spacial score (nSPS) is 17.0. The zero-order chi connectivity index (χ0) is 23.3. The number of amides is 1. The Morgan fingerprint density at radius 3 is 2.72 bits per heavy atom. The molecule has 1 saturated heterocycles. The summed E-state index contributed by atoms with van der Waals surface area (Å²) >= 11 is 1.01. The van der Waals surface area contributed by atoms with Gasteiger partial charge in [-0.25, -0.2) is 4.98 Å². The van der Waals surface area contributed by atoms with Gasteiger partial charge in [0.2, 0.25) is 0 Å². The molecule has 0 saturated carbocycles. The Hall–Kier alpha value is -3.23. The minimum absolute atomic E-state index is 0.117. The van der Waals surface area contributed by atoms with E-state index in [1.807, 2.05) is 6.07 Å². The van der Waals surface area contributed by atoms with Crippen LogP contribution in [0.25, 0.3) is 16.8 Å². The number of halogens is 3. The number of thiazole rings is 1. The fourth-order valence-corrected chi connectivity index (χ4v) is 4.33. The number of carbonyl (C=O) groups excluding carboxylic acids is 1. The van der Waals surface area contributed by atoms with Crippen LogP contribution in [0.3, 0.4) is 0 Å². The largest absolute Gasteiger partial charge is 0.405 e. The number of nitriles is 1. The Labute approximate surface area is 186 Å².